The van der Waals surface area contributed by atoms with Crippen molar-refractivity contribution >= 4 is 0 Å². The van der Waals surface area contributed by atoms with E-state index in [1.54, 1.807) is 5.56 Å². The van der Waals surface area contributed by atoms with Gasteiger partial charge < -0.3 is 5.32 Å². The molecule has 0 unspecified atom stereocenters. The second-order valence-electron chi connectivity index (χ2n) is 9.81. The highest BCUT2D eigenvalue weighted by atomic mass is 15.0. The summed E-state index contributed by atoms with van der Waals surface area (Å²) in [5.41, 5.74) is 2.12. The van der Waals surface area contributed by atoms with Gasteiger partial charge >= 0.3 is 0 Å². The molecule has 3 rings (SSSR count). The van der Waals surface area contributed by atoms with E-state index in [0.29, 0.717) is 17.4 Å². The fraction of sp³-hybridized carbons (Fsp3) is 0.778. The Morgan fingerprint density at radius 3 is 2.07 bits per heavy atom. The van der Waals surface area contributed by atoms with Crippen molar-refractivity contribution in [2.24, 2.45) is 5.41 Å². The largest absolute Gasteiger partial charge is 0.310 e. The molecule has 1 aromatic carbocycles. The van der Waals surface area contributed by atoms with Crippen LogP contribution in [0.2, 0.25) is 0 Å². The molecule has 1 aromatic rings. The third-order valence-corrected chi connectivity index (χ3v) is 7.82. The van der Waals surface area contributed by atoms with E-state index in [0.717, 1.165) is 6.04 Å². The molecule has 2 aliphatic rings. The molecule has 0 amide bonds. The molecule has 0 heterocycles. The Hall–Kier alpha value is -0.820. The summed E-state index contributed by atoms with van der Waals surface area (Å²) in [6.07, 6.45) is 21.1. The average molecular weight is 384 g/mol. The predicted molar refractivity (Wildman–Crippen MR) is 123 cm³/mol. The Labute approximate surface area is 175 Å². The molecule has 2 fully saturated rings. The van der Waals surface area contributed by atoms with E-state index in [2.05, 4.69) is 49.5 Å². The van der Waals surface area contributed by atoms with Crippen LogP contribution in [0.4, 0.5) is 0 Å². The summed E-state index contributed by atoms with van der Waals surface area (Å²) in [6, 6.07) is 12.9. The molecule has 2 aliphatic carbocycles. The zero-order valence-electron chi connectivity index (χ0n) is 18.7. The first kappa shape index (κ1) is 21.9. The first-order valence-corrected chi connectivity index (χ1v) is 12.6. The minimum Gasteiger partial charge on any atom is -0.310 e. The van der Waals surface area contributed by atoms with E-state index in [1.807, 2.05) is 0 Å². The molecule has 0 aromatic heterocycles. The fourth-order valence-electron chi connectivity index (χ4n) is 6.21. The third kappa shape index (κ3) is 5.62. The van der Waals surface area contributed by atoms with Crippen LogP contribution < -0.4 is 5.32 Å². The minimum absolute atomic E-state index is 0.530. The fourth-order valence-corrected chi connectivity index (χ4v) is 6.21. The van der Waals surface area contributed by atoms with E-state index in [9.17, 15) is 0 Å². The lowest BCUT2D eigenvalue weighted by Gasteiger charge is -2.42. The molecule has 2 saturated carbocycles. The zero-order valence-corrected chi connectivity index (χ0v) is 18.7. The lowest BCUT2D eigenvalue weighted by atomic mass is 9.71. The molecular formula is C27H45N. The Morgan fingerprint density at radius 2 is 1.46 bits per heavy atom. The lowest BCUT2D eigenvalue weighted by Crippen LogP contribution is -2.49. The molecule has 158 valence electrons. The highest BCUT2D eigenvalue weighted by Crippen LogP contribution is 2.53. The number of unbranched alkanes of at least 4 members (excludes halogenated alkanes) is 4. The van der Waals surface area contributed by atoms with Crippen molar-refractivity contribution in [3.8, 4) is 0 Å². The maximum atomic E-state index is 4.31. The molecule has 28 heavy (non-hydrogen) atoms. The Kier molecular flexibility index (Phi) is 8.90. The van der Waals surface area contributed by atoms with Gasteiger partial charge in [0, 0.05) is 12.1 Å². The molecule has 0 aliphatic heterocycles. The molecular weight excluding hydrogens is 338 g/mol. The van der Waals surface area contributed by atoms with Crippen LogP contribution in [0.5, 0.6) is 0 Å². The van der Waals surface area contributed by atoms with Crippen LogP contribution in [0.1, 0.15) is 122 Å². The molecule has 0 saturated heterocycles. The van der Waals surface area contributed by atoms with E-state index in [1.165, 1.54) is 96.3 Å². The van der Waals surface area contributed by atoms with Crippen molar-refractivity contribution < 1.29 is 0 Å². The SMILES string of the molecule is CCCCCC1(CCCCC)CC[C@@H](c2ccccc2)[C@@H]1NC1CCCCC1. The summed E-state index contributed by atoms with van der Waals surface area (Å²) in [7, 11) is 0. The molecule has 1 N–H and O–H groups in total. The number of hydrogen-bond acceptors (Lipinski definition) is 1. The molecule has 0 spiro atoms. The second kappa shape index (κ2) is 11.4. The quantitative estimate of drug-likeness (QED) is 0.382. The highest BCUT2D eigenvalue weighted by molar-refractivity contribution is 5.25. The smallest absolute Gasteiger partial charge is 0.0195 e. The van der Waals surface area contributed by atoms with Crippen molar-refractivity contribution in [1.82, 2.24) is 5.32 Å². The summed E-state index contributed by atoms with van der Waals surface area (Å²) in [5.74, 6) is 0.714. The zero-order chi connectivity index (χ0) is 19.7. The van der Waals surface area contributed by atoms with Crippen molar-refractivity contribution in [1.29, 1.82) is 0 Å². The van der Waals surface area contributed by atoms with Gasteiger partial charge in [0.15, 0.2) is 0 Å². The van der Waals surface area contributed by atoms with Gasteiger partial charge in [0.25, 0.3) is 0 Å². The predicted octanol–water partition coefficient (Wildman–Crippen LogP) is 8.00. The van der Waals surface area contributed by atoms with Crippen LogP contribution >= 0.6 is 0 Å². The minimum atomic E-state index is 0.530. The second-order valence-corrected chi connectivity index (χ2v) is 9.81. The Balaban J connectivity index is 1.82. The van der Waals surface area contributed by atoms with Gasteiger partial charge in [0.2, 0.25) is 0 Å². The summed E-state index contributed by atoms with van der Waals surface area (Å²) in [5, 5.41) is 4.31. The van der Waals surface area contributed by atoms with Crippen molar-refractivity contribution in [2.75, 3.05) is 0 Å². The summed E-state index contributed by atoms with van der Waals surface area (Å²) in [4.78, 5) is 0. The van der Waals surface area contributed by atoms with Gasteiger partial charge in [-0.2, -0.15) is 0 Å². The highest BCUT2D eigenvalue weighted by Gasteiger charge is 2.48. The average Bonchev–Trinajstić information content (AvgIpc) is 3.08. The summed E-state index contributed by atoms with van der Waals surface area (Å²) in [6.45, 7) is 4.70. The number of nitrogens with one attached hydrogen (secondary N) is 1. The number of benzene rings is 1. The molecule has 1 heteroatoms. The van der Waals surface area contributed by atoms with Gasteiger partial charge in [0.05, 0.1) is 0 Å². The molecule has 2 atom stereocenters. The first-order chi connectivity index (χ1) is 13.8. The lowest BCUT2D eigenvalue weighted by molar-refractivity contribution is 0.150. The standard InChI is InChI=1S/C27H45N/c1-3-5-13-20-27(21-14-6-4-2)22-19-25(23-15-9-7-10-16-23)26(27)28-24-17-11-8-12-18-24/h7,9-10,15-16,24-26,28H,3-6,8,11-14,17-22H2,1-2H3/t25-,26-/m0/s1. The normalized spacial score (nSPS) is 25.2. The Morgan fingerprint density at radius 1 is 0.821 bits per heavy atom. The van der Waals surface area contributed by atoms with Gasteiger partial charge in [0.1, 0.15) is 0 Å². The van der Waals surface area contributed by atoms with E-state index in [4.69, 9.17) is 0 Å². The first-order valence-electron chi connectivity index (χ1n) is 12.6. The van der Waals surface area contributed by atoms with E-state index < -0.39 is 0 Å². The van der Waals surface area contributed by atoms with Crippen molar-refractivity contribution in [3.05, 3.63) is 35.9 Å². The van der Waals surface area contributed by atoms with E-state index >= 15 is 0 Å². The van der Waals surface area contributed by atoms with Crippen LogP contribution in [0, 0.1) is 5.41 Å². The van der Waals surface area contributed by atoms with Gasteiger partial charge in [-0.25, -0.2) is 0 Å². The number of hydrogen-bond donors (Lipinski definition) is 1. The van der Waals surface area contributed by atoms with Gasteiger partial charge in [-0.3, -0.25) is 0 Å². The molecule has 0 radical (unpaired) electrons. The maximum absolute atomic E-state index is 4.31. The number of rotatable bonds is 11. The Bertz CT molecular complexity index is 520. The van der Waals surface area contributed by atoms with Gasteiger partial charge in [-0.15, -0.1) is 0 Å². The van der Waals surface area contributed by atoms with Crippen molar-refractivity contribution in [3.63, 3.8) is 0 Å². The van der Waals surface area contributed by atoms with Crippen LogP contribution in [0.25, 0.3) is 0 Å². The third-order valence-electron chi connectivity index (χ3n) is 7.82. The van der Waals surface area contributed by atoms with Crippen LogP contribution in [0.3, 0.4) is 0 Å². The van der Waals surface area contributed by atoms with Gasteiger partial charge in [-0.1, -0.05) is 102 Å². The molecule has 1 nitrogen and oxygen atoms in total. The maximum Gasteiger partial charge on any atom is 0.0195 e. The summed E-state index contributed by atoms with van der Waals surface area (Å²) >= 11 is 0. The van der Waals surface area contributed by atoms with Crippen LogP contribution in [-0.4, -0.2) is 12.1 Å². The van der Waals surface area contributed by atoms with Crippen LogP contribution in [0.15, 0.2) is 30.3 Å². The topological polar surface area (TPSA) is 12.0 Å². The van der Waals surface area contributed by atoms with Gasteiger partial charge in [-0.05, 0) is 55.4 Å². The van der Waals surface area contributed by atoms with Crippen molar-refractivity contribution in [2.45, 2.75) is 128 Å². The molecule has 0 bridgehead atoms. The monoisotopic (exact) mass is 383 g/mol. The van der Waals surface area contributed by atoms with E-state index in [-0.39, 0.29) is 0 Å². The van der Waals surface area contributed by atoms with Crippen LogP contribution in [-0.2, 0) is 0 Å². The summed E-state index contributed by atoms with van der Waals surface area (Å²) < 4.78 is 0.